The Morgan fingerprint density at radius 1 is 0.493 bits per heavy atom. The largest absolute Gasteiger partial charge is 0.458 e. The predicted molar refractivity (Wildman–Crippen MR) is 240 cm³/mol. The summed E-state index contributed by atoms with van der Waals surface area (Å²) < 4.78 is 77.5. The molecular formula is C48H64N4O23. The lowest BCUT2D eigenvalue weighted by molar-refractivity contribution is -0.223. The average molecular weight is 1070 g/mol. The molecule has 0 unspecified atom stereocenters. The van der Waals surface area contributed by atoms with Gasteiger partial charge in [-0.1, -0.05) is 12.1 Å². The van der Waals surface area contributed by atoms with E-state index in [-0.39, 0.29) is 37.6 Å². The second-order valence-corrected chi connectivity index (χ2v) is 22.4. The second kappa shape index (κ2) is 19.8. The van der Waals surface area contributed by atoms with Crippen LogP contribution < -0.4 is 16.4 Å². The number of carbonyl (C=O) groups excluding carboxylic acids is 6. The van der Waals surface area contributed by atoms with Gasteiger partial charge in [-0.3, -0.25) is 43.3 Å². The molecule has 16 atom stereocenters. The second-order valence-electron chi connectivity index (χ2n) is 22.4. The van der Waals surface area contributed by atoms with Gasteiger partial charge in [0.1, 0.15) is 48.3 Å². The molecule has 75 heavy (non-hydrogen) atoms. The van der Waals surface area contributed by atoms with E-state index in [0.717, 1.165) is 0 Å². The molecule has 9 heterocycles. The Labute approximate surface area is 430 Å². The van der Waals surface area contributed by atoms with Crippen LogP contribution in [0.3, 0.4) is 0 Å². The molecule has 0 aliphatic carbocycles. The zero-order valence-corrected chi connectivity index (χ0v) is 43.2. The average Bonchev–Trinajstić information content (AvgIpc) is 4.20. The maximum Gasteiger partial charge on any atom is 0.336 e. The summed E-state index contributed by atoms with van der Waals surface area (Å²) in [5, 5.41) is 0.637. The molecule has 0 aromatic heterocycles. The lowest BCUT2D eigenvalue weighted by Gasteiger charge is -2.28. The number of nitrogens with one attached hydrogen (secondary N) is 3. The molecule has 0 bridgehead atoms. The summed E-state index contributed by atoms with van der Waals surface area (Å²) in [6, 6.07) is 6.27. The van der Waals surface area contributed by atoms with E-state index < -0.39 is 162 Å². The predicted octanol–water partition coefficient (Wildman–Crippen LogP) is 0.670. The molecule has 3 N–H and O–H groups in total. The van der Waals surface area contributed by atoms with Crippen LogP contribution in [0, 0.1) is 23.7 Å². The molecular weight excluding hydrogens is 1000 g/mol. The fourth-order valence-corrected chi connectivity index (χ4v) is 10.6. The van der Waals surface area contributed by atoms with Crippen LogP contribution in [0.4, 0.5) is 0 Å². The molecule has 5 amide bonds. The van der Waals surface area contributed by atoms with Crippen LogP contribution in [0.1, 0.15) is 96.9 Å². The Balaban J connectivity index is 0.754. The Morgan fingerprint density at radius 2 is 0.800 bits per heavy atom. The number of nitrogens with zero attached hydrogens (tertiary/aromatic N) is 1. The lowest BCUT2D eigenvalue weighted by Crippen LogP contribution is -2.47. The zero-order chi connectivity index (χ0) is 53.7. The molecule has 414 valence electrons. The van der Waals surface area contributed by atoms with Crippen LogP contribution in [0.15, 0.2) is 24.3 Å². The first-order valence-electron chi connectivity index (χ1n) is 24.8. The molecule has 0 spiro atoms. The smallest absolute Gasteiger partial charge is 0.336 e. The van der Waals surface area contributed by atoms with Crippen molar-refractivity contribution in [1.29, 1.82) is 0 Å². The van der Waals surface area contributed by atoms with E-state index in [0.29, 0.717) is 5.06 Å². The van der Waals surface area contributed by atoms with Crippen LogP contribution in [0.5, 0.6) is 0 Å². The van der Waals surface area contributed by atoms with E-state index in [1.54, 1.807) is 88.3 Å². The number of rotatable bonds is 16. The van der Waals surface area contributed by atoms with Crippen molar-refractivity contribution in [2.24, 2.45) is 23.7 Å². The third-order valence-corrected chi connectivity index (χ3v) is 13.6. The van der Waals surface area contributed by atoms with Gasteiger partial charge in [-0.05, 0) is 88.3 Å². The van der Waals surface area contributed by atoms with Crippen LogP contribution >= 0.6 is 0 Å². The summed E-state index contributed by atoms with van der Waals surface area (Å²) in [6.07, 6.45) is -12.2. The van der Waals surface area contributed by atoms with Gasteiger partial charge in [0.15, 0.2) is 54.4 Å². The quantitative estimate of drug-likeness (QED) is 0.116. The number of benzene rings is 1. The first kappa shape index (κ1) is 54.0. The number of esters is 1. The molecule has 1 aromatic carbocycles. The van der Waals surface area contributed by atoms with Gasteiger partial charge in [0.25, 0.3) is 29.5 Å². The number of fused-ring (bicyclic) bond motifs is 5. The third-order valence-electron chi connectivity index (χ3n) is 13.6. The molecule has 8 saturated heterocycles. The summed E-state index contributed by atoms with van der Waals surface area (Å²) in [4.78, 5) is 104. The summed E-state index contributed by atoms with van der Waals surface area (Å²) >= 11 is 0. The van der Waals surface area contributed by atoms with Gasteiger partial charge in [0.05, 0.1) is 61.2 Å². The van der Waals surface area contributed by atoms with Crippen molar-refractivity contribution < 1.29 is 110 Å². The van der Waals surface area contributed by atoms with Crippen LogP contribution in [-0.4, -0.2) is 170 Å². The van der Waals surface area contributed by atoms with Gasteiger partial charge >= 0.3 is 5.97 Å². The maximum atomic E-state index is 13.9. The van der Waals surface area contributed by atoms with Gasteiger partial charge in [-0.15, -0.1) is 5.06 Å². The standard InChI is InChI=1S/C48H64N4O23/c1-44(2,3)71-39(58)29-24(32-43(66-29)75-47(8,9)69-32)18-61-50-35(54)27-22(30-41(64-27)73-45(4,5)67-30)16-59-49-34(53)26-23(31-40(63-26)72-46(6,7)68-31)17-60-51-36(55)28-25(33-42(65-28)74-48(10,11)70-33)19-62-52-37(56)20-14-12-13-15-21(20)38(52)57/h12-15,22-33,40-43H,16-19H2,1-11H3,(H,49,53)(H,50,54)(H,51,55)/t22-,23-,24-,25-,26+,27+,28+,29+,30-,31-,32-,33-,40-,41-,42-,43-/m1/s1. The summed E-state index contributed by atoms with van der Waals surface area (Å²) in [5.41, 5.74) is 6.69. The third kappa shape index (κ3) is 10.9. The molecule has 9 aliphatic rings. The monoisotopic (exact) mass is 1060 g/mol. The SMILES string of the molecule is CC(C)(C)OC(=O)[C@H]1O[C@@H]2OC(C)(C)O[C@@H]2[C@@H]1CONC(=O)[C@H]1O[C@@H]2OC(C)(C)O[C@@H]2[C@@H]1CONC(=O)[C@H]1O[C@@H]2OC(C)(C)O[C@@H]2[C@@H]1CONC(=O)[C@H]1O[C@@H]2OC(C)(C)O[C@@H]2[C@@H]1CON1C(=O)c2ccccc2C1=O. The highest BCUT2D eigenvalue weighted by molar-refractivity contribution is 6.20. The Hall–Kier alpha value is -4.40. The number of hydrogen-bond acceptors (Lipinski definition) is 23. The van der Waals surface area contributed by atoms with Gasteiger partial charge in [-0.2, -0.15) is 0 Å². The summed E-state index contributed by atoms with van der Waals surface area (Å²) in [7, 11) is 0. The number of ether oxygens (including phenoxy) is 13. The van der Waals surface area contributed by atoms with E-state index in [1.807, 2.05) is 0 Å². The number of hydroxylamine groups is 5. The van der Waals surface area contributed by atoms with Crippen molar-refractivity contribution in [1.82, 2.24) is 21.5 Å². The molecule has 0 radical (unpaired) electrons. The Morgan fingerprint density at radius 3 is 1.13 bits per heavy atom. The van der Waals surface area contributed by atoms with Crippen molar-refractivity contribution in [2.75, 3.05) is 26.4 Å². The highest BCUT2D eigenvalue weighted by Crippen LogP contribution is 2.45. The molecule has 27 heteroatoms. The number of carbonyl (C=O) groups is 6. The highest BCUT2D eigenvalue weighted by Gasteiger charge is 2.62. The van der Waals surface area contributed by atoms with E-state index in [2.05, 4.69) is 16.4 Å². The van der Waals surface area contributed by atoms with E-state index in [1.165, 1.54) is 12.1 Å². The van der Waals surface area contributed by atoms with E-state index in [9.17, 15) is 28.8 Å². The first-order valence-corrected chi connectivity index (χ1v) is 24.8. The number of hydrogen-bond donors (Lipinski definition) is 3. The first-order chi connectivity index (χ1) is 35.2. The lowest BCUT2D eigenvalue weighted by atomic mass is 9.98. The van der Waals surface area contributed by atoms with Crippen molar-refractivity contribution >= 4 is 35.5 Å². The van der Waals surface area contributed by atoms with Crippen molar-refractivity contribution in [3.63, 3.8) is 0 Å². The minimum atomic E-state index is -1.33. The van der Waals surface area contributed by atoms with Crippen LogP contribution in [0.2, 0.25) is 0 Å². The summed E-state index contributed by atoms with van der Waals surface area (Å²) in [6.45, 7) is 17.3. The molecule has 8 fully saturated rings. The maximum absolute atomic E-state index is 13.9. The number of amides is 5. The fourth-order valence-electron chi connectivity index (χ4n) is 10.6. The van der Waals surface area contributed by atoms with Crippen molar-refractivity contribution in [3.05, 3.63) is 35.4 Å². The molecule has 9 aliphatic heterocycles. The minimum Gasteiger partial charge on any atom is -0.458 e. The normalized spacial score (nSPS) is 38.3. The van der Waals surface area contributed by atoms with Crippen molar-refractivity contribution in [3.8, 4) is 0 Å². The van der Waals surface area contributed by atoms with Gasteiger partial charge in [0, 0.05) is 0 Å². The Bertz CT molecular complexity index is 2380. The van der Waals surface area contributed by atoms with Crippen LogP contribution in [0.25, 0.3) is 0 Å². The molecule has 27 nitrogen and oxygen atoms in total. The van der Waals surface area contributed by atoms with Gasteiger partial charge in [-0.25, -0.2) is 21.2 Å². The fraction of sp³-hybridized carbons (Fsp3) is 0.750. The van der Waals surface area contributed by atoms with Crippen molar-refractivity contribution in [2.45, 2.75) is 179 Å². The van der Waals surface area contributed by atoms with Gasteiger partial charge in [0.2, 0.25) is 0 Å². The summed E-state index contributed by atoms with van der Waals surface area (Å²) in [5.74, 6) is -12.0. The topological polar surface area (TPSA) is 299 Å². The zero-order valence-electron chi connectivity index (χ0n) is 43.2. The number of imide groups is 1. The van der Waals surface area contributed by atoms with Gasteiger partial charge < -0.3 is 61.6 Å². The van der Waals surface area contributed by atoms with E-state index >= 15 is 0 Å². The molecule has 10 rings (SSSR count). The van der Waals surface area contributed by atoms with Crippen LogP contribution in [-0.2, 0) is 100 Å². The highest BCUT2D eigenvalue weighted by atomic mass is 16.9. The Kier molecular flexibility index (Phi) is 14.3. The molecule has 1 aromatic rings. The van der Waals surface area contributed by atoms with E-state index in [4.69, 9.17) is 80.9 Å². The minimum absolute atomic E-state index is 0.173. The molecule has 0 saturated carbocycles.